The second-order valence-electron chi connectivity index (χ2n) is 8.82. The van der Waals surface area contributed by atoms with Crippen LogP contribution in [-0.4, -0.2) is 30.5 Å². The lowest BCUT2D eigenvalue weighted by atomic mass is 10.0. The van der Waals surface area contributed by atoms with Crippen LogP contribution < -0.4 is 10.1 Å². The van der Waals surface area contributed by atoms with Crippen LogP contribution in [0.3, 0.4) is 0 Å². The van der Waals surface area contributed by atoms with Gasteiger partial charge in [-0.1, -0.05) is 35.9 Å². The molecule has 0 spiro atoms. The Labute approximate surface area is 209 Å². The first-order valence-electron chi connectivity index (χ1n) is 11.9. The predicted octanol–water partition coefficient (Wildman–Crippen LogP) is 5.53. The van der Waals surface area contributed by atoms with Crippen LogP contribution in [0.4, 0.5) is 5.69 Å². The highest BCUT2D eigenvalue weighted by atomic mass is 16.5. The van der Waals surface area contributed by atoms with Gasteiger partial charge >= 0.3 is 0 Å². The minimum Gasteiger partial charge on any atom is -0.471 e. The lowest BCUT2D eigenvalue weighted by Crippen LogP contribution is -2.13. The number of carbonyl (C=O) groups excluding carboxylic acids is 1. The van der Waals surface area contributed by atoms with Crippen LogP contribution in [0.15, 0.2) is 67.1 Å². The van der Waals surface area contributed by atoms with Crippen LogP contribution in [-0.2, 0) is 13.3 Å². The molecule has 5 rings (SSSR count). The summed E-state index contributed by atoms with van der Waals surface area (Å²) in [5, 5.41) is 12.6. The minimum absolute atomic E-state index is 0.231. The van der Waals surface area contributed by atoms with Gasteiger partial charge in [-0.05, 0) is 51.5 Å². The molecule has 0 unspecified atom stereocenters. The lowest BCUT2D eigenvalue weighted by molar-refractivity contribution is 0.102. The van der Waals surface area contributed by atoms with Crippen molar-refractivity contribution >= 4 is 22.5 Å². The van der Waals surface area contributed by atoms with E-state index in [-0.39, 0.29) is 12.6 Å². The quantitative estimate of drug-likeness (QED) is 0.331. The third kappa shape index (κ3) is 4.70. The molecule has 0 saturated carbocycles. The number of nitrogens with zero attached hydrogens (tertiary/aromatic N) is 5. The Balaban J connectivity index is 1.38. The smallest absolute Gasteiger partial charge is 0.256 e. The lowest BCUT2D eigenvalue weighted by Gasteiger charge is -2.10. The second-order valence-corrected chi connectivity index (χ2v) is 8.82. The van der Waals surface area contributed by atoms with Gasteiger partial charge in [0, 0.05) is 23.7 Å². The van der Waals surface area contributed by atoms with Crippen LogP contribution in [0.2, 0.25) is 0 Å². The van der Waals surface area contributed by atoms with Crippen molar-refractivity contribution in [1.82, 2.24) is 24.5 Å². The van der Waals surface area contributed by atoms with Crippen LogP contribution in [0.1, 0.15) is 34.1 Å². The van der Waals surface area contributed by atoms with Crippen LogP contribution in [0, 0.1) is 20.8 Å². The summed E-state index contributed by atoms with van der Waals surface area (Å²) in [6.45, 7) is 9.05. The molecule has 36 heavy (non-hydrogen) atoms. The molecule has 0 saturated heterocycles. The normalized spacial score (nSPS) is 11.1. The van der Waals surface area contributed by atoms with Gasteiger partial charge in [-0.3, -0.25) is 9.48 Å². The SMILES string of the molecule is CCn1cc(-c2cc(C(=O)Nc3cnn(COc4ccc(C)cc4C)c3)c3ccccc3n2)c(C)n1. The van der Waals surface area contributed by atoms with Gasteiger partial charge in [-0.25, -0.2) is 9.67 Å². The average Bonchev–Trinajstić information content (AvgIpc) is 3.48. The zero-order valence-electron chi connectivity index (χ0n) is 20.8. The molecule has 0 aliphatic heterocycles. The average molecular weight is 481 g/mol. The number of pyridine rings is 1. The number of benzene rings is 2. The van der Waals surface area contributed by atoms with E-state index in [1.54, 1.807) is 17.1 Å². The maximum absolute atomic E-state index is 13.4. The minimum atomic E-state index is -0.231. The third-order valence-corrected chi connectivity index (χ3v) is 6.08. The van der Waals surface area contributed by atoms with E-state index in [0.29, 0.717) is 16.9 Å². The fourth-order valence-corrected chi connectivity index (χ4v) is 4.23. The Hall–Kier alpha value is -4.46. The molecule has 1 N–H and O–H groups in total. The maximum atomic E-state index is 13.4. The first kappa shape index (κ1) is 23.3. The fraction of sp³-hybridized carbons (Fsp3) is 0.214. The first-order valence-corrected chi connectivity index (χ1v) is 11.9. The number of carbonyl (C=O) groups is 1. The molecular weight excluding hydrogens is 452 g/mol. The number of ether oxygens (including phenoxy) is 1. The van der Waals surface area contributed by atoms with Gasteiger partial charge in [0.1, 0.15) is 5.75 Å². The molecule has 5 aromatic rings. The monoisotopic (exact) mass is 480 g/mol. The van der Waals surface area contributed by atoms with E-state index < -0.39 is 0 Å². The van der Waals surface area contributed by atoms with Crippen molar-refractivity contribution in [2.45, 2.75) is 41.0 Å². The number of amides is 1. The molecule has 0 aliphatic rings. The number of aromatic nitrogens is 5. The molecule has 0 fully saturated rings. The van der Waals surface area contributed by atoms with Gasteiger partial charge < -0.3 is 10.1 Å². The first-order chi connectivity index (χ1) is 17.4. The Morgan fingerprint density at radius 1 is 1.03 bits per heavy atom. The summed E-state index contributed by atoms with van der Waals surface area (Å²) in [6.07, 6.45) is 5.33. The van der Waals surface area contributed by atoms with Crippen LogP contribution >= 0.6 is 0 Å². The Kier molecular flexibility index (Phi) is 6.25. The molecule has 2 aromatic carbocycles. The van der Waals surface area contributed by atoms with Gasteiger partial charge in [0.05, 0.1) is 40.5 Å². The third-order valence-electron chi connectivity index (χ3n) is 6.08. The molecule has 0 aliphatic carbocycles. The highest BCUT2D eigenvalue weighted by Gasteiger charge is 2.17. The molecule has 1 amide bonds. The Morgan fingerprint density at radius 3 is 2.64 bits per heavy atom. The van der Waals surface area contributed by atoms with E-state index in [1.807, 2.05) is 81.0 Å². The summed E-state index contributed by atoms with van der Waals surface area (Å²) in [5.41, 5.74) is 6.63. The molecule has 0 atom stereocenters. The highest BCUT2D eigenvalue weighted by Crippen LogP contribution is 2.27. The van der Waals surface area contributed by atoms with E-state index in [4.69, 9.17) is 9.72 Å². The summed E-state index contributed by atoms with van der Waals surface area (Å²) < 4.78 is 9.41. The van der Waals surface area contributed by atoms with Crippen molar-refractivity contribution in [3.8, 4) is 17.0 Å². The molecule has 0 bridgehead atoms. The van der Waals surface area contributed by atoms with E-state index in [2.05, 4.69) is 21.6 Å². The number of nitrogens with one attached hydrogen (secondary N) is 1. The summed E-state index contributed by atoms with van der Waals surface area (Å²) in [4.78, 5) is 18.2. The second kappa shape index (κ2) is 9.65. The van der Waals surface area contributed by atoms with E-state index in [0.717, 1.165) is 40.0 Å². The van der Waals surface area contributed by atoms with Gasteiger partial charge in [0.2, 0.25) is 0 Å². The summed E-state index contributed by atoms with van der Waals surface area (Å²) in [7, 11) is 0. The fourth-order valence-electron chi connectivity index (χ4n) is 4.23. The molecular formula is C28H28N6O2. The standard InChI is InChI=1S/C28H28N6O2/c1-5-33-16-24(20(4)32-33)26-13-23(22-8-6-7-9-25(22)31-26)28(35)30-21-14-29-34(15-21)17-36-27-11-10-18(2)12-19(27)3/h6-16H,5,17H2,1-4H3,(H,30,35). The summed E-state index contributed by atoms with van der Waals surface area (Å²) >= 11 is 0. The topological polar surface area (TPSA) is 86.9 Å². The van der Waals surface area contributed by atoms with Crippen molar-refractivity contribution < 1.29 is 9.53 Å². The van der Waals surface area contributed by atoms with Gasteiger partial charge in [0.25, 0.3) is 5.91 Å². The van der Waals surface area contributed by atoms with E-state index >= 15 is 0 Å². The van der Waals surface area contributed by atoms with Crippen molar-refractivity contribution in [2.24, 2.45) is 0 Å². The van der Waals surface area contributed by atoms with Gasteiger partial charge in [-0.2, -0.15) is 10.2 Å². The van der Waals surface area contributed by atoms with E-state index in [9.17, 15) is 4.79 Å². The molecule has 3 aromatic heterocycles. The highest BCUT2D eigenvalue weighted by molar-refractivity contribution is 6.13. The van der Waals surface area contributed by atoms with Crippen LogP contribution in [0.25, 0.3) is 22.2 Å². The van der Waals surface area contributed by atoms with Gasteiger partial charge in [0.15, 0.2) is 6.73 Å². The molecule has 8 nitrogen and oxygen atoms in total. The predicted molar refractivity (Wildman–Crippen MR) is 140 cm³/mol. The zero-order valence-corrected chi connectivity index (χ0v) is 20.8. The number of rotatable bonds is 7. The molecule has 3 heterocycles. The number of hydrogen-bond donors (Lipinski definition) is 1. The maximum Gasteiger partial charge on any atom is 0.256 e. The van der Waals surface area contributed by atoms with E-state index in [1.165, 1.54) is 5.56 Å². The largest absolute Gasteiger partial charge is 0.471 e. The number of fused-ring (bicyclic) bond motifs is 1. The Morgan fingerprint density at radius 2 is 1.86 bits per heavy atom. The van der Waals surface area contributed by atoms with Crippen LogP contribution in [0.5, 0.6) is 5.75 Å². The molecule has 0 radical (unpaired) electrons. The molecule has 8 heteroatoms. The summed E-state index contributed by atoms with van der Waals surface area (Å²) in [6, 6.07) is 15.5. The van der Waals surface area contributed by atoms with Crippen molar-refractivity contribution in [3.05, 3.63) is 89.5 Å². The number of hydrogen-bond acceptors (Lipinski definition) is 5. The molecule has 182 valence electrons. The number of para-hydroxylation sites is 1. The number of aryl methyl sites for hydroxylation is 4. The Bertz CT molecular complexity index is 1570. The number of anilines is 1. The van der Waals surface area contributed by atoms with Crippen molar-refractivity contribution in [3.63, 3.8) is 0 Å². The summed E-state index contributed by atoms with van der Waals surface area (Å²) in [5.74, 6) is 0.574. The van der Waals surface area contributed by atoms with Crippen molar-refractivity contribution in [2.75, 3.05) is 5.32 Å². The zero-order chi connectivity index (χ0) is 25.2. The van der Waals surface area contributed by atoms with Gasteiger partial charge in [-0.15, -0.1) is 0 Å². The van der Waals surface area contributed by atoms with Crippen molar-refractivity contribution in [1.29, 1.82) is 0 Å².